The molecule has 0 spiro atoms. The van der Waals surface area contributed by atoms with Gasteiger partial charge in [0, 0.05) is 56.8 Å². The molecule has 0 saturated heterocycles. The molecule has 67 heavy (non-hydrogen) atoms. The van der Waals surface area contributed by atoms with Crippen LogP contribution in [0.15, 0.2) is 121 Å². The van der Waals surface area contributed by atoms with Crippen molar-refractivity contribution in [1.29, 1.82) is 0 Å². The number of carbonyl (C=O) groups is 2. The normalized spacial score (nSPS) is 12.0. The minimum atomic E-state index is -0.766. The van der Waals surface area contributed by atoms with Gasteiger partial charge >= 0.3 is 11.9 Å². The van der Waals surface area contributed by atoms with Crippen LogP contribution >= 0.6 is 0 Å². The van der Waals surface area contributed by atoms with E-state index in [1.165, 1.54) is 46.2 Å². The Kier molecular flexibility index (Phi) is 22.4. The summed E-state index contributed by atoms with van der Waals surface area (Å²) < 4.78 is 10.9. The molecule has 0 radical (unpaired) electrons. The van der Waals surface area contributed by atoms with Crippen molar-refractivity contribution in [3.63, 3.8) is 0 Å². The Hall–Kier alpha value is -6.72. The van der Waals surface area contributed by atoms with Gasteiger partial charge in [0.1, 0.15) is 23.1 Å². The van der Waals surface area contributed by atoms with Crippen molar-refractivity contribution in [2.24, 2.45) is 0 Å². The number of ether oxygens (including phenoxy) is 2. The second-order valence-electron chi connectivity index (χ2n) is 16.2. The molecule has 0 bridgehead atoms. The maximum absolute atomic E-state index is 11.5. The lowest BCUT2D eigenvalue weighted by atomic mass is 9.97. The number of carboxylic acid groups (broad SMARTS) is 1. The van der Waals surface area contributed by atoms with Crippen LogP contribution in [0.4, 0.5) is 11.6 Å². The first-order valence-electron chi connectivity index (χ1n) is 22.8. The Morgan fingerprint density at radius 1 is 0.612 bits per heavy atom. The van der Waals surface area contributed by atoms with Crippen molar-refractivity contribution < 1.29 is 34.4 Å². The molecule has 8 rings (SSSR count). The quantitative estimate of drug-likeness (QED) is 0.0554. The lowest BCUT2D eigenvalue weighted by Crippen LogP contribution is -2.14. The van der Waals surface area contributed by atoms with Crippen molar-refractivity contribution in [3.8, 4) is 11.5 Å². The zero-order valence-corrected chi connectivity index (χ0v) is 37.4. The van der Waals surface area contributed by atoms with Gasteiger partial charge in [0.05, 0.1) is 13.2 Å². The van der Waals surface area contributed by atoms with Crippen molar-refractivity contribution in [2.75, 3.05) is 43.5 Å². The van der Waals surface area contributed by atoms with E-state index in [2.05, 4.69) is 64.1 Å². The van der Waals surface area contributed by atoms with E-state index in [0.29, 0.717) is 38.9 Å². The first-order valence-corrected chi connectivity index (χ1v) is 22.8. The summed E-state index contributed by atoms with van der Waals surface area (Å²) in [7, 11) is 0. The molecular formula is C56H70N4O7. The number of benzene rings is 4. The summed E-state index contributed by atoms with van der Waals surface area (Å²) in [4.78, 5) is 31.5. The highest BCUT2D eigenvalue weighted by atomic mass is 16.5. The van der Waals surface area contributed by atoms with Gasteiger partial charge in [-0.15, -0.1) is 0 Å². The molecule has 11 heteroatoms. The smallest absolute Gasteiger partial charge is 0.306 e. The first kappa shape index (κ1) is 52.9. The number of esters is 1. The molecule has 4 heterocycles. The minimum Gasteiger partial charge on any atom is -0.508 e. The van der Waals surface area contributed by atoms with Crippen molar-refractivity contribution >= 4 is 23.6 Å². The number of carbonyl (C=O) groups excluding carboxylic acids is 1. The number of rotatable bonds is 17. The summed E-state index contributed by atoms with van der Waals surface area (Å²) in [6.07, 6.45) is 9.36. The fourth-order valence-corrected chi connectivity index (χ4v) is 7.82. The van der Waals surface area contributed by atoms with Crippen LogP contribution in [0.3, 0.4) is 0 Å². The van der Waals surface area contributed by atoms with E-state index in [1.54, 1.807) is 12.1 Å². The largest absolute Gasteiger partial charge is 0.508 e. The van der Waals surface area contributed by atoms with Crippen LogP contribution in [0.25, 0.3) is 0 Å². The highest BCUT2D eigenvalue weighted by Crippen LogP contribution is 2.23. The summed E-state index contributed by atoms with van der Waals surface area (Å²) in [5, 5.41) is 33.7. The summed E-state index contributed by atoms with van der Waals surface area (Å²) in [6, 6.07) is 39.9. The zero-order chi connectivity index (χ0) is 45.6. The van der Waals surface area contributed by atoms with Crippen LogP contribution in [0.1, 0.15) is 103 Å². The molecule has 0 amide bonds. The van der Waals surface area contributed by atoms with Crippen molar-refractivity contribution in [1.82, 2.24) is 9.97 Å². The number of anilines is 2. The summed E-state index contributed by atoms with van der Waals surface area (Å²) in [5.41, 5.74) is 11.6. The van der Waals surface area contributed by atoms with Gasteiger partial charge in [0.15, 0.2) is 0 Å². The minimum absolute atomic E-state index is 0. The van der Waals surface area contributed by atoms with Crippen LogP contribution in [-0.2, 0) is 65.7 Å². The first-order chi connectivity index (χ1) is 31.8. The molecule has 0 saturated carbocycles. The van der Waals surface area contributed by atoms with Crippen LogP contribution in [0.2, 0.25) is 0 Å². The number of hydrogen-bond donors (Lipinski definition) is 5. The number of aromatic hydroxyl groups is 1. The average Bonchev–Trinajstić information content (AvgIpc) is 3.33. The molecule has 0 unspecified atom stereocenters. The lowest BCUT2D eigenvalue weighted by Gasteiger charge is -2.17. The van der Waals surface area contributed by atoms with E-state index in [1.807, 2.05) is 67.6 Å². The van der Waals surface area contributed by atoms with Gasteiger partial charge < -0.3 is 35.4 Å². The molecule has 11 nitrogen and oxygen atoms in total. The Balaban J connectivity index is 0.000000235. The molecule has 0 atom stereocenters. The van der Waals surface area contributed by atoms with E-state index in [4.69, 9.17) is 24.7 Å². The third kappa shape index (κ3) is 17.5. The maximum atomic E-state index is 11.5. The van der Waals surface area contributed by atoms with Gasteiger partial charge in [-0.05, 0) is 139 Å². The Bertz CT molecular complexity index is 2420. The number of nitrogens with one attached hydrogen (secondary N) is 2. The third-order valence-electron chi connectivity index (χ3n) is 11.3. The van der Waals surface area contributed by atoms with E-state index >= 15 is 0 Å². The molecule has 0 aliphatic carbocycles. The average molecular weight is 911 g/mol. The second-order valence-corrected chi connectivity index (χ2v) is 16.2. The van der Waals surface area contributed by atoms with Crippen LogP contribution in [0.5, 0.6) is 11.5 Å². The fourth-order valence-electron chi connectivity index (χ4n) is 7.82. The monoisotopic (exact) mass is 911 g/mol. The number of fused-ring (bicyclic) bond motifs is 2. The predicted molar refractivity (Wildman–Crippen MR) is 270 cm³/mol. The molecule has 2 aliphatic heterocycles. The van der Waals surface area contributed by atoms with Crippen molar-refractivity contribution in [3.05, 3.63) is 177 Å². The molecule has 356 valence electrons. The number of phenols is 1. The fraction of sp³-hybridized carbons (Fsp3) is 0.357. The van der Waals surface area contributed by atoms with Gasteiger partial charge in [0.2, 0.25) is 0 Å². The van der Waals surface area contributed by atoms with Gasteiger partial charge in [-0.3, -0.25) is 9.59 Å². The van der Waals surface area contributed by atoms with E-state index in [9.17, 15) is 14.7 Å². The molecule has 0 fully saturated rings. The molecular weight excluding hydrogens is 841 g/mol. The van der Waals surface area contributed by atoms with Gasteiger partial charge in [-0.1, -0.05) is 99.8 Å². The topological polar surface area (TPSA) is 163 Å². The predicted octanol–water partition coefficient (Wildman–Crippen LogP) is 10.4. The Labute approximate surface area is 397 Å². The number of carboxylic acids is 1. The van der Waals surface area contributed by atoms with E-state index in [0.717, 1.165) is 85.1 Å². The molecule has 6 aromatic rings. The summed E-state index contributed by atoms with van der Waals surface area (Å²) in [6.45, 7) is 5.01. The lowest BCUT2D eigenvalue weighted by molar-refractivity contribution is -0.143. The number of aliphatic carboxylic acids is 1. The van der Waals surface area contributed by atoms with Gasteiger partial charge in [-0.2, -0.15) is 0 Å². The Morgan fingerprint density at radius 3 is 1.61 bits per heavy atom. The Morgan fingerprint density at radius 2 is 1.10 bits per heavy atom. The number of phenolic OH excluding ortho intramolecular Hbond substituents is 1. The van der Waals surface area contributed by atoms with Crippen LogP contribution < -0.4 is 15.4 Å². The maximum Gasteiger partial charge on any atom is 0.306 e. The SMILES string of the molecule is C.C.CCOC(=O)CCc1ccccc1Cc1ccc(O)cc1.O=C(O)CCc1ccccc1Cc1ccc(OCCc2ccc3c(n2)NCCC3)cc1.OCCc1ccc2c(n1)NCCC2. The number of pyridine rings is 2. The molecule has 4 aromatic carbocycles. The number of aromatic nitrogens is 2. The second kappa shape index (κ2) is 28.3. The van der Waals surface area contributed by atoms with Gasteiger partial charge in [0.25, 0.3) is 0 Å². The summed E-state index contributed by atoms with van der Waals surface area (Å²) >= 11 is 0. The third-order valence-corrected chi connectivity index (χ3v) is 11.3. The summed E-state index contributed by atoms with van der Waals surface area (Å²) in [5.74, 6) is 2.23. The molecule has 5 N–H and O–H groups in total. The molecule has 2 aromatic heterocycles. The zero-order valence-electron chi connectivity index (χ0n) is 37.4. The number of hydrogen-bond acceptors (Lipinski definition) is 10. The standard InChI is InChI=1S/C26H28N2O3.C18H20O3.C10H14N2O.2CH4/c29-25(30)14-10-20-4-1-2-5-22(20)18-19-7-12-24(13-8-19)31-17-15-23-11-9-21-6-3-16-27-26(21)28-23;1-2-21-18(20)12-9-15-5-3-4-6-16(15)13-14-7-10-17(19)11-8-14;13-7-5-9-4-3-8-2-1-6-11-10(8)12-9;;/h1-2,4-5,7-9,11-13H,3,6,10,14-18H2,(H,27,28)(H,29,30);3-8,10-11,19H,2,9,12-13H2,1H3;3-4,13H,1-2,5-7H2,(H,11,12);2*1H4. The van der Waals surface area contributed by atoms with Gasteiger partial charge in [-0.25, -0.2) is 9.97 Å². The molecule has 2 aliphatic rings. The highest BCUT2D eigenvalue weighted by Gasteiger charge is 2.12. The number of nitrogens with zero attached hydrogens (tertiary/aromatic N) is 2. The van der Waals surface area contributed by atoms with Crippen LogP contribution in [-0.4, -0.2) is 70.1 Å². The van der Waals surface area contributed by atoms with Crippen molar-refractivity contribution in [2.45, 2.75) is 98.8 Å². The van der Waals surface area contributed by atoms with E-state index in [-0.39, 0.29) is 39.6 Å². The highest BCUT2D eigenvalue weighted by molar-refractivity contribution is 5.69. The number of aliphatic hydroxyl groups excluding tert-OH is 1. The van der Waals surface area contributed by atoms with Crippen LogP contribution in [0, 0.1) is 0 Å². The number of aliphatic hydroxyl groups is 1. The number of aryl methyl sites for hydroxylation is 4. The van der Waals surface area contributed by atoms with E-state index < -0.39 is 5.97 Å².